The molecule has 10 heteroatoms. The van der Waals surface area contributed by atoms with Gasteiger partial charge in [-0.15, -0.1) is 11.3 Å². The minimum Gasteiger partial charge on any atom is -0.348 e. The summed E-state index contributed by atoms with van der Waals surface area (Å²) in [7, 11) is -3.18. The zero-order valence-corrected chi connectivity index (χ0v) is 18.9. The molecule has 0 bridgehead atoms. The highest BCUT2D eigenvalue weighted by molar-refractivity contribution is 7.89. The molecule has 3 aromatic rings. The third-order valence-corrected chi connectivity index (χ3v) is 8.20. The van der Waals surface area contributed by atoms with E-state index in [0.717, 1.165) is 16.3 Å². The smallest absolute Gasteiger partial charge is 0.270 e. The first kappa shape index (κ1) is 21.7. The zero-order chi connectivity index (χ0) is 21.8. The molecule has 4 rings (SSSR count). The molecule has 0 unspecified atom stereocenters. The largest absolute Gasteiger partial charge is 0.348 e. The van der Waals surface area contributed by atoms with Crippen molar-refractivity contribution in [2.75, 3.05) is 18.8 Å². The Labute approximate surface area is 186 Å². The SMILES string of the molecule is CCCS(=O)(=O)N1CCC(NC(=O)c2csc(-c3cnn(-c4ccccc4)c3)n2)CC1. The maximum absolute atomic E-state index is 12.6. The van der Waals surface area contributed by atoms with Crippen LogP contribution in [0.3, 0.4) is 0 Å². The Bertz CT molecular complexity index is 1130. The van der Waals surface area contributed by atoms with E-state index in [9.17, 15) is 13.2 Å². The summed E-state index contributed by atoms with van der Waals surface area (Å²) in [5, 5.41) is 9.85. The van der Waals surface area contributed by atoms with Crippen molar-refractivity contribution in [2.24, 2.45) is 0 Å². The topological polar surface area (TPSA) is 97.2 Å². The first-order valence-corrected chi connectivity index (χ1v) is 12.8. The average molecular weight is 460 g/mol. The number of rotatable bonds is 7. The van der Waals surface area contributed by atoms with E-state index in [1.54, 1.807) is 16.3 Å². The maximum atomic E-state index is 12.6. The molecule has 0 saturated carbocycles. The molecule has 0 spiro atoms. The Morgan fingerprint density at radius 1 is 1.23 bits per heavy atom. The fourth-order valence-electron chi connectivity index (χ4n) is 3.59. The van der Waals surface area contributed by atoms with Crippen molar-refractivity contribution in [3.63, 3.8) is 0 Å². The molecule has 164 valence electrons. The highest BCUT2D eigenvalue weighted by Gasteiger charge is 2.28. The summed E-state index contributed by atoms with van der Waals surface area (Å²) in [6.07, 6.45) is 5.45. The van der Waals surface area contributed by atoms with Gasteiger partial charge in [0.2, 0.25) is 10.0 Å². The molecule has 1 aliphatic heterocycles. The molecule has 0 aliphatic carbocycles. The lowest BCUT2D eigenvalue weighted by Gasteiger charge is -2.31. The molecule has 3 heterocycles. The number of nitrogens with zero attached hydrogens (tertiary/aromatic N) is 4. The van der Waals surface area contributed by atoms with Gasteiger partial charge in [0.25, 0.3) is 5.91 Å². The fraction of sp³-hybridized carbons (Fsp3) is 0.381. The molecular weight excluding hydrogens is 434 g/mol. The molecule has 31 heavy (non-hydrogen) atoms. The van der Waals surface area contributed by atoms with E-state index in [1.165, 1.54) is 15.6 Å². The summed E-state index contributed by atoms with van der Waals surface area (Å²) in [5.74, 6) is -0.0558. The monoisotopic (exact) mass is 459 g/mol. The molecule has 1 aromatic carbocycles. The van der Waals surface area contributed by atoms with Crippen molar-refractivity contribution < 1.29 is 13.2 Å². The van der Waals surface area contributed by atoms with E-state index in [0.29, 0.717) is 38.0 Å². The third kappa shape index (κ3) is 5.03. The Hall–Kier alpha value is -2.56. The number of thiazole rings is 1. The van der Waals surface area contributed by atoms with Crippen LogP contribution in [0, 0.1) is 0 Å². The van der Waals surface area contributed by atoms with E-state index < -0.39 is 10.0 Å². The number of sulfonamides is 1. The third-order valence-electron chi connectivity index (χ3n) is 5.23. The molecule has 1 aliphatic rings. The normalized spacial score (nSPS) is 15.8. The molecule has 0 atom stereocenters. The average Bonchev–Trinajstić information content (AvgIpc) is 3.45. The van der Waals surface area contributed by atoms with Crippen LogP contribution in [0.2, 0.25) is 0 Å². The number of piperidine rings is 1. The van der Waals surface area contributed by atoms with Crippen molar-refractivity contribution in [3.05, 3.63) is 53.8 Å². The van der Waals surface area contributed by atoms with Gasteiger partial charge in [-0.2, -0.15) is 5.10 Å². The Kier molecular flexibility index (Phi) is 6.49. The summed E-state index contributed by atoms with van der Waals surface area (Å²) in [6, 6.07) is 9.74. The van der Waals surface area contributed by atoms with E-state index in [2.05, 4.69) is 15.4 Å². The van der Waals surface area contributed by atoms with Crippen LogP contribution >= 0.6 is 11.3 Å². The second-order valence-electron chi connectivity index (χ2n) is 7.51. The van der Waals surface area contributed by atoms with E-state index in [-0.39, 0.29) is 17.7 Å². The van der Waals surface area contributed by atoms with E-state index in [1.807, 2.05) is 43.5 Å². The summed E-state index contributed by atoms with van der Waals surface area (Å²) in [4.78, 5) is 17.1. The molecule has 0 radical (unpaired) electrons. The van der Waals surface area contributed by atoms with Crippen LogP contribution < -0.4 is 5.32 Å². The second-order valence-corrected chi connectivity index (χ2v) is 10.5. The molecule has 1 N–H and O–H groups in total. The highest BCUT2D eigenvalue weighted by Crippen LogP contribution is 2.24. The van der Waals surface area contributed by atoms with Crippen LogP contribution in [0.25, 0.3) is 16.3 Å². The van der Waals surface area contributed by atoms with E-state index >= 15 is 0 Å². The summed E-state index contributed by atoms with van der Waals surface area (Å²) < 4.78 is 27.7. The Balaban J connectivity index is 1.36. The van der Waals surface area contributed by atoms with Gasteiger partial charge in [0, 0.05) is 36.3 Å². The van der Waals surface area contributed by atoms with Gasteiger partial charge in [0.05, 0.1) is 17.6 Å². The number of nitrogens with one attached hydrogen (secondary N) is 1. The summed E-state index contributed by atoms with van der Waals surface area (Å²) in [6.45, 7) is 2.74. The van der Waals surface area contributed by atoms with Gasteiger partial charge >= 0.3 is 0 Å². The number of amides is 1. The molecule has 1 amide bonds. The number of carbonyl (C=O) groups is 1. The number of benzene rings is 1. The van der Waals surface area contributed by atoms with Gasteiger partial charge in [-0.1, -0.05) is 25.1 Å². The minimum atomic E-state index is -3.18. The van der Waals surface area contributed by atoms with Gasteiger partial charge in [-0.05, 0) is 31.4 Å². The van der Waals surface area contributed by atoms with Crippen LogP contribution in [-0.4, -0.2) is 58.3 Å². The maximum Gasteiger partial charge on any atom is 0.270 e. The Morgan fingerprint density at radius 3 is 2.68 bits per heavy atom. The summed E-state index contributed by atoms with van der Waals surface area (Å²) in [5.41, 5.74) is 2.17. The van der Waals surface area contributed by atoms with Crippen molar-refractivity contribution >= 4 is 27.3 Å². The van der Waals surface area contributed by atoms with Crippen LogP contribution in [0.15, 0.2) is 48.1 Å². The Morgan fingerprint density at radius 2 is 1.97 bits per heavy atom. The van der Waals surface area contributed by atoms with Crippen LogP contribution in [0.1, 0.15) is 36.7 Å². The quantitative estimate of drug-likeness (QED) is 0.586. The van der Waals surface area contributed by atoms with Crippen LogP contribution in [0.4, 0.5) is 0 Å². The zero-order valence-electron chi connectivity index (χ0n) is 17.3. The standard InChI is InChI=1S/C21H25N5O3S2/c1-2-12-31(28,29)25-10-8-17(9-11-25)23-20(27)19-15-30-21(24-19)16-13-22-26(14-16)18-6-4-3-5-7-18/h3-7,13-15,17H,2,8-12H2,1H3,(H,23,27). The predicted molar refractivity (Wildman–Crippen MR) is 121 cm³/mol. The lowest BCUT2D eigenvalue weighted by molar-refractivity contribution is 0.0919. The lowest BCUT2D eigenvalue weighted by Crippen LogP contribution is -2.47. The fourth-order valence-corrected chi connectivity index (χ4v) is 5.91. The molecule has 8 nitrogen and oxygen atoms in total. The van der Waals surface area contributed by atoms with Crippen molar-refractivity contribution in [1.82, 2.24) is 24.4 Å². The lowest BCUT2D eigenvalue weighted by atomic mass is 10.1. The van der Waals surface area contributed by atoms with Gasteiger partial charge < -0.3 is 5.32 Å². The van der Waals surface area contributed by atoms with Crippen LogP contribution in [0.5, 0.6) is 0 Å². The van der Waals surface area contributed by atoms with Crippen molar-refractivity contribution in [2.45, 2.75) is 32.2 Å². The minimum absolute atomic E-state index is 0.0495. The molecule has 1 saturated heterocycles. The molecule has 1 fully saturated rings. The number of hydrogen-bond donors (Lipinski definition) is 1. The predicted octanol–water partition coefficient (Wildman–Crippen LogP) is 2.93. The number of aromatic nitrogens is 3. The second kappa shape index (κ2) is 9.29. The number of para-hydroxylation sites is 1. The van der Waals surface area contributed by atoms with E-state index in [4.69, 9.17) is 0 Å². The van der Waals surface area contributed by atoms with Gasteiger partial charge in [-0.3, -0.25) is 4.79 Å². The van der Waals surface area contributed by atoms with Crippen LogP contribution in [-0.2, 0) is 10.0 Å². The summed E-state index contributed by atoms with van der Waals surface area (Å²) >= 11 is 1.40. The van der Waals surface area contributed by atoms with Crippen molar-refractivity contribution in [1.29, 1.82) is 0 Å². The number of hydrogen-bond acceptors (Lipinski definition) is 6. The first-order chi connectivity index (χ1) is 15.0. The molecular formula is C21H25N5O3S2. The highest BCUT2D eigenvalue weighted by atomic mass is 32.2. The number of carbonyl (C=O) groups excluding carboxylic acids is 1. The van der Waals surface area contributed by atoms with Gasteiger partial charge in [-0.25, -0.2) is 22.4 Å². The molecule has 2 aromatic heterocycles. The van der Waals surface area contributed by atoms with Crippen molar-refractivity contribution in [3.8, 4) is 16.3 Å². The first-order valence-electron chi connectivity index (χ1n) is 10.3. The van der Waals surface area contributed by atoms with Gasteiger partial charge in [0.1, 0.15) is 10.7 Å². The van der Waals surface area contributed by atoms with Gasteiger partial charge in [0.15, 0.2) is 0 Å².